The Morgan fingerprint density at radius 3 is 2.90 bits per heavy atom. The summed E-state index contributed by atoms with van der Waals surface area (Å²) in [6, 6.07) is 1.73. The topological polar surface area (TPSA) is 67.2 Å². The molecule has 2 aliphatic rings. The Labute approximate surface area is 124 Å². The fourth-order valence-electron chi connectivity index (χ4n) is 2.54. The number of nitrogens with zero attached hydrogens (tertiary/aromatic N) is 3. The molecule has 3 rings (SSSR count). The van der Waals surface area contributed by atoms with Crippen LogP contribution in [-0.2, 0) is 6.54 Å². The summed E-state index contributed by atoms with van der Waals surface area (Å²) in [5.74, 6) is 0.479. The van der Waals surface area contributed by atoms with Crippen molar-refractivity contribution in [2.45, 2.75) is 45.7 Å². The second kappa shape index (κ2) is 5.50. The Morgan fingerprint density at radius 1 is 1.48 bits per heavy atom. The Hall–Kier alpha value is -1.85. The quantitative estimate of drug-likeness (QED) is 0.888. The number of hydrogen-bond acceptors (Lipinski definition) is 3. The van der Waals surface area contributed by atoms with Gasteiger partial charge in [0, 0.05) is 25.2 Å². The summed E-state index contributed by atoms with van der Waals surface area (Å²) in [5, 5.41) is 7.16. The minimum absolute atomic E-state index is 0.00300. The first-order valence-electron chi connectivity index (χ1n) is 7.76. The van der Waals surface area contributed by atoms with Gasteiger partial charge in [0.1, 0.15) is 5.69 Å². The highest BCUT2D eigenvalue weighted by molar-refractivity contribution is 5.98. The number of nitrogens with one attached hydrogen (secondary N) is 1. The van der Waals surface area contributed by atoms with Crippen LogP contribution in [0.4, 0.5) is 0 Å². The second-order valence-electron chi connectivity index (χ2n) is 6.12. The van der Waals surface area contributed by atoms with Gasteiger partial charge in [-0.05, 0) is 32.1 Å². The van der Waals surface area contributed by atoms with Gasteiger partial charge in [-0.15, -0.1) is 0 Å². The predicted molar refractivity (Wildman–Crippen MR) is 78.1 cm³/mol. The number of fused-ring (bicyclic) bond motifs is 1. The summed E-state index contributed by atoms with van der Waals surface area (Å²) in [6.45, 7) is 6.18. The van der Waals surface area contributed by atoms with E-state index in [9.17, 15) is 9.59 Å². The molecule has 0 radical (unpaired) electrons. The van der Waals surface area contributed by atoms with E-state index in [0.29, 0.717) is 30.4 Å². The highest BCUT2D eigenvalue weighted by Gasteiger charge is 2.32. The third-order valence-corrected chi connectivity index (χ3v) is 4.27. The average molecular weight is 290 g/mol. The fraction of sp³-hybridized carbons (Fsp3) is 0.667. The molecule has 1 aromatic rings. The monoisotopic (exact) mass is 290 g/mol. The molecule has 114 valence electrons. The van der Waals surface area contributed by atoms with Gasteiger partial charge in [0.25, 0.3) is 11.8 Å². The van der Waals surface area contributed by atoms with Gasteiger partial charge in [-0.3, -0.25) is 14.3 Å². The van der Waals surface area contributed by atoms with E-state index in [1.165, 1.54) is 12.8 Å². The van der Waals surface area contributed by atoms with Crippen molar-refractivity contribution in [3.63, 3.8) is 0 Å². The lowest BCUT2D eigenvalue weighted by atomic mass is 10.2. The van der Waals surface area contributed by atoms with E-state index in [0.717, 1.165) is 13.0 Å². The van der Waals surface area contributed by atoms with E-state index in [4.69, 9.17) is 0 Å². The molecular formula is C15H22N4O2. The number of rotatable bonds is 5. The van der Waals surface area contributed by atoms with Gasteiger partial charge in [0.05, 0.1) is 6.54 Å². The molecule has 1 atom stereocenters. The number of hydrogen-bond donors (Lipinski definition) is 1. The summed E-state index contributed by atoms with van der Waals surface area (Å²) in [7, 11) is 0. The Bertz CT molecular complexity index is 562. The van der Waals surface area contributed by atoms with Gasteiger partial charge in [-0.25, -0.2) is 0 Å². The van der Waals surface area contributed by atoms with Crippen LogP contribution in [0.3, 0.4) is 0 Å². The van der Waals surface area contributed by atoms with Gasteiger partial charge >= 0.3 is 0 Å². The highest BCUT2D eigenvalue weighted by Crippen LogP contribution is 2.30. The second-order valence-corrected chi connectivity index (χ2v) is 6.12. The maximum Gasteiger partial charge on any atom is 0.272 e. The van der Waals surface area contributed by atoms with Gasteiger partial charge in [-0.1, -0.05) is 6.92 Å². The first-order valence-corrected chi connectivity index (χ1v) is 7.76. The van der Waals surface area contributed by atoms with E-state index >= 15 is 0 Å². The molecule has 1 saturated carbocycles. The van der Waals surface area contributed by atoms with Crippen LogP contribution in [0.5, 0.6) is 0 Å². The van der Waals surface area contributed by atoms with Crippen LogP contribution in [0.25, 0.3) is 0 Å². The van der Waals surface area contributed by atoms with Crippen molar-refractivity contribution in [3.8, 4) is 0 Å². The van der Waals surface area contributed by atoms with Crippen LogP contribution in [0, 0.1) is 5.92 Å². The minimum Gasteiger partial charge on any atom is -0.348 e. The molecule has 2 amide bonds. The van der Waals surface area contributed by atoms with Crippen LogP contribution in [-0.4, -0.2) is 45.6 Å². The molecule has 1 aliphatic heterocycles. The SMILES string of the molecule is CCC(C)NC(=O)c1cc2n(n1)CCN(CC1CC1)C2=O. The van der Waals surface area contributed by atoms with Crippen molar-refractivity contribution >= 4 is 11.8 Å². The maximum absolute atomic E-state index is 12.4. The summed E-state index contributed by atoms with van der Waals surface area (Å²) >= 11 is 0. The van der Waals surface area contributed by atoms with E-state index in [-0.39, 0.29) is 17.9 Å². The van der Waals surface area contributed by atoms with Gasteiger partial charge < -0.3 is 10.2 Å². The molecule has 0 bridgehead atoms. The third kappa shape index (κ3) is 2.94. The van der Waals surface area contributed by atoms with Gasteiger partial charge in [-0.2, -0.15) is 5.10 Å². The smallest absolute Gasteiger partial charge is 0.272 e. The maximum atomic E-state index is 12.4. The van der Waals surface area contributed by atoms with Crippen LogP contribution in [0.1, 0.15) is 54.1 Å². The summed E-state index contributed by atoms with van der Waals surface area (Å²) < 4.78 is 1.66. The van der Waals surface area contributed by atoms with Crippen LogP contribution in [0.15, 0.2) is 6.07 Å². The molecule has 1 aliphatic carbocycles. The zero-order valence-electron chi connectivity index (χ0n) is 12.6. The lowest BCUT2D eigenvalue weighted by Gasteiger charge is -2.27. The summed E-state index contributed by atoms with van der Waals surface area (Å²) in [6.07, 6.45) is 3.32. The first-order chi connectivity index (χ1) is 10.1. The molecule has 1 unspecified atom stereocenters. The number of carbonyl (C=O) groups is 2. The molecule has 1 N–H and O–H groups in total. The Kier molecular flexibility index (Phi) is 3.69. The fourth-order valence-corrected chi connectivity index (χ4v) is 2.54. The van der Waals surface area contributed by atoms with Crippen molar-refractivity contribution in [1.29, 1.82) is 0 Å². The van der Waals surface area contributed by atoms with Crippen molar-refractivity contribution < 1.29 is 9.59 Å². The molecule has 0 saturated heterocycles. The van der Waals surface area contributed by atoms with E-state index in [1.54, 1.807) is 10.7 Å². The largest absolute Gasteiger partial charge is 0.348 e. The van der Waals surface area contributed by atoms with E-state index < -0.39 is 0 Å². The predicted octanol–water partition coefficient (Wildman–Crippen LogP) is 1.28. The number of carbonyl (C=O) groups excluding carboxylic acids is 2. The van der Waals surface area contributed by atoms with Crippen LogP contribution in [0.2, 0.25) is 0 Å². The molecule has 6 nitrogen and oxygen atoms in total. The van der Waals surface area contributed by atoms with Crippen molar-refractivity contribution in [3.05, 3.63) is 17.5 Å². The molecule has 0 aromatic carbocycles. The highest BCUT2D eigenvalue weighted by atomic mass is 16.2. The lowest BCUT2D eigenvalue weighted by molar-refractivity contribution is 0.0688. The number of aromatic nitrogens is 2. The molecule has 1 fully saturated rings. The third-order valence-electron chi connectivity index (χ3n) is 4.27. The summed E-state index contributed by atoms with van der Waals surface area (Å²) in [5.41, 5.74) is 0.878. The van der Waals surface area contributed by atoms with Crippen molar-refractivity contribution in [2.75, 3.05) is 13.1 Å². The molecule has 21 heavy (non-hydrogen) atoms. The lowest BCUT2D eigenvalue weighted by Crippen LogP contribution is -2.41. The molecule has 1 aromatic heterocycles. The molecular weight excluding hydrogens is 268 g/mol. The summed E-state index contributed by atoms with van der Waals surface area (Å²) in [4.78, 5) is 26.4. The Balaban J connectivity index is 1.73. The molecule has 0 spiro atoms. The molecule has 6 heteroatoms. The minimum atomic E-state index is -0.201. The zero-order valence-corrected chi connectivity index (χ0v) is 12.6. The molecule has 2 heterocycles. The average Bonchev–Trinajstić information content (AvgIpc) is 3.17. The normalized spacial score (nSPS) is 19.3. The van der Waals surface area contributed by atoms with Gasteiger partial charge in [0.15, 0.2) is 5.69 Å². The Morgan fingerprint density at radius 2 is 2.24 bits per heavy atom. The number of amides is 2. The first kappa shape index (κ1) is 14.1. The van der Waals surface area contributed by atoms with Crippen LogP contribution >= 0.6 is 0 Å². The van der Waals surface area contributed by atoms with Crippen molar-refractivity contribution in [1.82, 2.24) is 20.0 Å². The van der Waals surface area contributed by atoms with Crippen molar-refractivity contribution in [2.24, 2.45) is 5.92 Å². The zero-order chi connectivity index (χ0) is 15.0. The standard InChI is InChI=1S/C15H22N4O2/c1-3-10(2)16-14(20)12-8-13-15(21)18(9-11-4-5-11)6-7-19(13)17-12/h8,10-11H,3-7,9H2,1-2H3,(H,16,20). The van der Waals surface area contributed by atoms with E-state index in [1.807, 2.05) is 18.7 Å². The van der Waals surface area contributed by atoms with E-state index in [2.05, 4.69) is 10.4 Å². The van der Waals surface area contributed by atoms with Gasteiger partial charge in [0.2, 0.25) is 0 Å². The van der Waals surface area contributed by atoms with Crippen LogP contribution < -0.4 is 5.32 Å².